The van der Waals surface area contributed by atoms with E-state index < -0.39 is 17.5 Å². The molecule has 2 aromatic rings. The van der Waals surface area contributed by atoms with Crippen molar-refractivity contribution < 1.29 is 18.7 Å². The lowest BCUT2D eigenvalue weighted by atomic mass is 10.1. The van der Waals surface area contributed by atoms with E-state index in [2.05, 4.69) is 5.32 Å². The Labute approximate surface area is 131 Å². The largest absolute Gasteiger partial charge is 0.392 e. The first-order valence-corrected chi connectivity index (χ1v) is 7.00. The molecule has 1 amide bonds. The maximum Gasteiger partial charge on any atom is 0.252 e. The average molecular weight is 326 g/mol. The number of carbonyl (C=O) groups excluding carboxylic acids is 1. The van der Waals surface area contributed by atoms with E-state index in [1.807, 2.05) is 12.1 Å². The molecule has 2 N–H and O–H groups in total. The number of aliphatic hydroxyl groups is 1. The van der Waals surface area contributed by atoms with Crippen molar-refractivity contribution in [2.75, 3.05) is 6.54 Å². The minimum absolute atomic E-state index is 0.0222. The standard InChI is InChI=1S/C16H14ClF2NO2/c17-13-8-15(19)14(18)7-12(13)16(22)20-6-5-10-1-3-11(9-21)4-2-10/h1-4,7-8,21H,5-6,9H2,(H,20,22). The molecule has 0 aliphatic carbocycles. The number of hydrogen-bond acceptors (Lipinski definition) is 2. The molecule has 0 saturated heterocycles. The third-order valence-electron chi connectivity index (χ3n) is 3.16. The highest BCUT2D eigenvalue weighted by atomic mass is 35.5. The number of aliphatic hydroxyl groups excluding tert-OH is 1. The first-order chi connectivity index (χ1) is 10.5. The number of benzene rings is 2. The molecule has 0 unspecified atom stereocenters. The second-order valence-electron chi connectivity index (χ2n) is 4.73. The lowest BCUT2D eigenvalue weighted by Gasteiger charge is -2.08. The normalized spacial score (nSPS) is 10.5. The first-order valence-electron chi connectivity index (χ1n) is 6.62. The Morgan fingerprint density at radius 1 is 1.09 bits per heavy atom. The number of carbonyl (C=O) groups is 1. The van der Waals surface area contributed by atoms with Gasteiger partial charge in [-0.15, -0.1) is 0 Å². The highest BCUT2D eigenvalue weighted by molar-refractivity contribution is 6.33. The molecule has 0 aromatic heterocycles. The van der Waals surface area contributed by atoms with Gasteiger partial charge in [-0.1, -0.05) is 35.9 Å². The summed E-state index contributed by atoms with van der Waals surface area (Å²) in [6.07, 6.45) is 0.568. The summed E-state index contributed by atoms with van der Waals surface area (Å²) in [5.41, 5.74) is 1.69. The molecule has 2 aromatic carbocycles. The van der Waals surface area contributed by atoms with Crippen LogP contribution < -0.4 is 5.32 Å². The zero-order valence-corrected chi connectivity index (χ0v) is 12.3. The molecule has 0 bridgehead atoms. The van der Waals surface area contributed by atoms with Crippen molar-refractivity contribution in [1.82, 2.24) is 5.32 Å². The molecule has 0 spiro atoms. The van der Waals surface area contributed by atoms with Gasteiger partial charge in [-0.2, -0.15) is 0 Å². The van der Waals surface area contributed by atoms with Gasteiger partial charge in [-0.3, -0.25) is 4.79 Å². The molecule has 116 valence electrons. The van der Waals surface area contributed by atoms with Gasteiger partial charge in [0.1, 0.15) is 0 Å². The van der Waals surface area contributed by atoms with Crippen LogP contribution in [0.15, 0.2) is 36.4 Å². The Morgan fingerprint density at radius 2 is 1.68 bits per heavy atom. The van der Waals surface area contributed by atoms with E-state index in [0.717, 1.165) is 23.3 Å². The predicted octanol–water partition coefficient (Wildman–Crippen LogP) is 3.08. The predicted molar refractivity (Wildman–Crippen MR) is 79.8 cm³/mol. The van der Waals surface area contributed by atoms with Crippen LogP contribution in [0.1, 0.15) is 21.5 Å². The zero-order valence-electron chi connectivity index (χ0n) is 11.6. The summed E-state index contributed by atoms with van der Waals surface area (Å²) < 4.78 is 26.1. The third-order valence-corrected chi connectivity index (χ3v) is 3.47. The number of rotatable bonds is 5. The third kappa shape index (κ3) is 4.02. The maximum absolute atomic E-state index is 13.1. The fourth-order valence-electron chi connectivity index (χ4n) is 1.92. The van der Waals surface area contributed by atoms with Gasteiger partial charge in [0.15, 0.2) is 11.6 Å². The highest BCUT2D eigenvalue weighted by Crippen LogP contribution is 2.19. The van der Waals surface area contributed by atoms with Crippen LogP contribution in [0.5, 0.6) is 0 Å². The van der Waals surface area contributed by atoms with Gasteiger partial charge in [-0.05, 0) is 29.7 Å². The molecule has 0 atom stereocenters. The summed E-state index contributed by atoms with van der Waals surface area (Å²) in [5.74, 6) is -2.77. The fraction of sp³-hybridized carbons (Fsp3) is 0.188. The molecule has 0 fully saturated rings. The second kappa shape index (κ2) is 7.33. The molecule has 0 saturated carbocycles. The van der Waals surface area contributed by atoms with E-state index in [9.17, 15) is 13.6 Å². The van der Waals surface area contributed by atoms with Gasteiger partial charge in [0.25, 0.3) is 5.91 Å². The molecule has 2 rings (SSSR count). The number of halogens is 3. The molecule has 0 aliphatic rings. The smallest absolute Gasteiger partial charge is 0.252 e. The summed E-state index contributed by atoms with van der Waals surface area (Å²) in [6.45, 7) is 0.304. The lowest BCUT2D eigenvalue weighted by molar-refractivity contribution is 0.0953. The minimum Gasteiger partial charge on any atom is -0.392 e. The highest BCUT2D eigenvalue weighted by Gasteiger charge is 2.14. The van der Waals surface area contributed by atoms with Crippen molar-refractivity contribution >= 4 is 17.5 Å². The van der Waals surface area contributed by atoms with E-state index in [-0.39, 0.29) is 17.2 Å². The van der Waals surface area contributed by atoms with Crippen LogP contribution in [0.3, 0.4) is 0 Å². The van der Waals surface area contributed by atoms with Crippen LogP contribution in [-0.4, -0.2) is 17.6 Å². The van der Waals surface area contributed by atoms with Gasteiger partial charge < -0.3 is 10.4 Å². The van der Waals surface area contributed by atoms with Crippen molar-refractivity contribution in [2.45, 2.75) is 13.0 Å². The van der Waals surface area contributed by atoms with Crippen LogP contribution in [0.25, 0.3) is 0 Å². The monoisotopic (exact) mass is 325 g/mol. The van der Waals surface area contributed by atoms with E-state index in [1.54, 1.807) is 12.1 Å². The summed E-state index contributed by atoms with van der Waals surface area (Å²) in [5, 5.41) is 11.4. The Bertz CT molecular complexity index is 675. The van der Waals surface area contributed by atoms with E-state index in [4.69, 9.17) is 16.7 Å². The van der Waals surface area contributed by atoms with E-state index >= 15 is 0 Å². The van der Waals surface area contributed by atoms with Crippen molar-refractivity contribution in [2.24, 2.45) is 0 Å². The van der Waals surface area contributed by atoms with Gasteiger partial charge in [0, 0.05) is 6.54 Å². The Morgan fingerprint density at radius 3 is 2.32 bits per heavy atom. The summed E-state index contributed by atoms with van der Waals surface area (Å²) in [6, 6.07) is 8.85. The van der Waals surface area contributed by atoms with Gasteiger partial charge >= 0.3 is 0 Å². The van der Waals surface area contributed by atoms with Crippen molar-refractivity contribution in [3.63, 3.8) is 0 Å². The van der Waals surface area contributed by atoms with Crippen molar-refractivity contribution in [3.8, 4) is 0 Å². The van der Waals surface area contributed by atoms with Crippen LogP contribution in [-0.2, 0) is 13.0 Å². The number of hydrogen-bond donors (Lipinski definition) is 2. The molecule has 3 nitrogen and oxygen atoms in total. The van der Waals surface area contributed by atoms with Gasteiger partial charge in [0.2, 0.25) is 0 Å². The van der Waals surface area contributed by atoms with E-state index in [1.165, 1.54) is 0 Å². The van der Waals surface area contributed by atoms with Crippen molar-refractivity contribution in [1.29, 1.82) is 0 Å². The fourth-order valence-corrected chi connectivity index (χ4v) is 2.16. The number of amides is 1. The molecular weight excluding hydrogens is 312 g/mol. The van der Waals surface area contributed by atoms with Crippen LogP contribution in [0.4, 0.5) is 8.78 Å². The maximum atomic E-state index is 13.1. The Hall–Kier alpha value is -1.98. The summed E-state index contributed by atoms with van der Waals surface area (Å²) in [4.78, 5) is 11.9. The van der Waals surface area contributed by atoms with Crippen LogP contribution >= 0.6 is 11.6 Å². The van der Waals surface area contributed by atoms with Gasteiger partial charge in [-0.25, -0.2) is 8.78 Å². The minimum atomic E-state index is -1.12. The molecule has 6 heteroatoms. The Balaban J connectivity index is 1.94. The molecular formula is C16H14ClF2NO2. The molecule has 0 heterocycles. The van der Waals surface area contributed by atoms with Crippen molar-refractivity contribution in [3.05, 3.63) is 69.7 Å². The lowest BCUT2D eigenvalue weighted by Crippen LogP contribution is -2.26. The first kappa shape index (κ1) is 16.4. The molecule has 22 heavy (non-hydrogen) atoms. The Kier molecular flexibility index (Phi) is 5.46. The average Bonchev–Trinajstić information content (AvgIpc) is 2.51. The van der Waals surface area contributed by atoms with E-state index in [0.29, 0.717) is 13.0 Å². The summed E-state index contributed by atoms with van der Waals surface area (Å²) >= 11 is 5.73. The number of nitrogens with one attached hydrogen (secondary N) is 1. The quantitative estimate of drug-likeness (QED) is 0.830. The molecule has 0 radical (unpaired) electrons. The van der Waals surface area contributed by atoms with Crippen LogP contribution in [0, 0.1) is 11.6 Å². The van der Waals surface area contributed by atoms with Gasteiger partial charge in [0.05, 0.1) is 17.2 Å². The topological polar surface area (TPSA) is 49.3 Å². The molecule has 0 aliphatic heterocycles. The second-order valence-corrected chi connectivity index (χ2v) is 5.13. The SMILES string of the molecule is O=C(NCCc1ccc(CO)cc1)c1cc(F)c(F)cc1Cl. The zero-order chi connectivity index (χ0) is 16.1. The summed E-state index contributed by atoms with van der Waals surface area (Å²) in [7, 11) is 0. The van der Waals surface area contributed by atoms with Crippen LogP contribution in [0.2, 0.25) is 5.02 Å².